The molecule has 0 bridgehead atoms. The summed E-state index contributed by atoms with van der Waals surface area (Å²) in [5.74, 6) is 1.06. The van der Waals surface area contributed by atoms with E-state index in [2.05, 4.69) is 34.4 Å². The van der Waals surface area contributed by atoms with Crippen molar-refractivity contribution in [3.05, 3.63) is 47.0 Å². The molecule has 3 aromatic rings. The fourth-order valence-electron chi connectivity index (χ4n) is 4.01. The van der Waals surface area contributed by atoms with E-state index in [-0.39, 0.29) is 6.61 Å². The van der Waals surface area contributed by atoms with Crippen LogP contribution in [0.2, 0.25) is 0 Å². The van der Waals surface area contributed by atoms with E-state index in [4.69, 9.17) is 15.2 Å². The van der Waals surface area contributed by atoms with Crippen LogP contribution in [0.1, 0.15) is 48.5 Å². The lowest BCUT2D eigenvalue weighted by Crippen LogP contribution is -2.14. The first-order valence-electron chi connectivity index (χ1n) is 9.38. The van der Waals surface area contributed by atoms with Gasteiger partial charge in [-0.25, -0.2) is 4.98 Å². The smallest absolute Gasteiger partial charge is 0.131 e. The Balaban J connectivity index is 1.70. The van der Waals surface area contributed by atoms with Crippen molar-refractivity contribution >= 4 is 11.0 Å². The molecule has 0 radical (unpaired) electrons. The number of imidazole rings is 1. The second kappa shape index (κ2) is 7.00. The molecule has 5 nitrogen and oxygen atoms in total. The molecule has 0 atom stereocenters. The standard InChI is InChI=1S/C20H26N4O/c1-15-16-8-2-4-10-18(16)24(22-15)14-20-21-17-9-3-5-11-19(17)23(20)12-6-7-13-25/h3,5,9,11,25H,2,4,6-8,10,12-14H2,1H3. The lowest BCUT2D eigenvalue weighted by molar-refractivity contribution is 0.281. The molecular weight excluding hydrogens is 312 g/mol. The third-order valence-corrected chi connectivity index (χ3v) is 5.27. The SMILES string of the molecule is Cc1nn(Cc2nc3ccccc3n2CCCCO)c2c1CCCC2. The Hall–Kier alpha value is -2.14. The summed E-state index contributed by atoms with van der Waals surface area (Å²) in [5, 5.41) is 13.9. The van der Waals surface area contributed by atoms with Crippen LogP contribution < -0.4 is 0 Å². The molecule has 5 heteroatoms. The lowest BCUT2D eigenvalue weighted by atomic mass is 9.96. The van der Waals surface area contributed by atoms with Crippen LogP contribution in [0, 0.1) is 6.92 Å². The van der Waals surface area contributed by atoms with Gasteiger partial charge in [-0.2, -0.15) is 5.10 Å². The molecule has 0 unspecified atom stereocenters. The highest BCUT2D eigenvalue weighted by atomic mass is 16.2. The number of hydrogen-bond acceptors (Lipinski definition) is 3. The van der Waals surface area contributed by atoms with Crippen LogP contribution in [-0.4, -0.2) is 31.0 Å². The quantitative estimate of drug-likeness (QED) is 0.702. The zero-order chi connectivity index (χ0) is 17.2. The molecule has 1 aromatic carbocycles. The Bertz CT molecular complexity index is 877. The monoisotopic (exact) mass is 338 g/mol. The van der Waals surface area contributed by atoms with E-state index in [0.717, 1.165) is 50.1 Å². The van der Waals surface area contributed by atoms with Gasteiger partial charge in [-0.1, -0.05) is 12.1 Å². The predicted octanol–water partition coefficient (Wildman–Crippen LogP) is 3.24. The van der Waals surface area contributed by atoms with Gasteiger partial charge in [0.15, 0.2) is 0 Å². The number of unbranched alkanes of at least 4 members (excludes halogenated alkanes) is 1. The summed E-state index contributed by atoms with van der Waals surface area (Å²) in [7, 11) is 0. The average Bonchev–Trinajstić information content (AvgIpc) is 3.14. The third kappa shape index (κ3) is 3.09. The van der Waals surface area contributed by atoms with Crippen LogP contribution in [0.5, 0.6) is 0 Å². The largest absolute Gasteiger partial charge is 0.396 e. The van der Waals surface area contributed by atoms with Crippen LogP contribution in [-0.2, 0) is 25.9 Å². The number of aromatic nitrogens is 4. The minimum atomic E-state index is 0.244. The Morgan fingerprint density at radius 1 is 1.12 bits per heavy atom. The Kier molecular flexibility index (Phi) is 4.57. The fraction of sp³-hybridized carbons (Fsp3) is 0.500. The second-order valence-corrected chi connectivity index (χ2v) is 6.97. The van der Waals surface area contributed by atoms with E-state index in [9.17, 15) is 0 Å². The normalized spacial score (nSPS) is 14.2. The third-order valence-electron chi connectivity index (χ3n) is 5.27. The van der Waals surface area contributed by atoms with Crippen LogP contribution in [0.25, 0.3) is 11.0 Å². The summed E-state index contributed by atoms with van der Waals surface area (Å²) in [6.45, 7) is 3.99. The maximum atomic E-state index is 9.11. The van der Waals surface area contributed by atoms with Gasteiger partial charge in [0.05, 0.1) is 23.3 Å². The minimum absolute atomic E-state index is 0.244. The average molecular weight is 338 g/mol. The topological polar surface area (TPSA) is 55.9 Å². The van der Waals surface area contributed by atoms with Crippen LogP contribution in [0.15, 0.2) is 24.3 Å². The predicted molar refractivity (Wildman–Crippen MR) is 98.8 cm³/mol. The lowest BCUT2D eigenvalue weighted by Gasteiger charge is -2.15. The Labute approximate surface area is 148 Å². The number of nitrogens with zero attached hydrogens (tertiary/aromatic N) is 4. The zero-order valence-electron chi connectivity index (χ0n) is 14.9. The second-order valence-electron chi connectivity index (χ2n) is 6.97. The van der Waals surface area contributed by atoms with Crippen molar-refractivity contribution in [1.29, 1.82) is 0 Å². The molecule has 0 aliphatic heterocycles. The number of hydrogen-bond donors (Lipinski definition) is 1. The van der Waals surface area contributed by atoms with Crippen molar-refractivity contribution in [3.63, 3.8) is 0 Å². The molecule has 132 valence electrons. The van der Waals surface area contributed by atoms with Crippen molar-refractivity contribution in [1.82, 2.24) is 19.3 Å². The van der Waals surface area contributed by atoms with Crippen molar-refractivity contribution in [2.24, 2.45) is 0 Å². The van der Waals surface area contributed by atoms with Gasteiger partial charge in [-0.3, -0.25) is 4.68 Å². The first kappa shape index (κ1) is 16.3. The molecule has 1 aliphatic rings. The van der Waals surface area contributed by atoms with Gasteiger partial charge >= 0.3 is 0 Å². The van der Waals surface area contributed by atoms with E-state index >= 15 is 0 Å². The van der Waals surface area contributed by atoms with E-state index in [1.165, 1.54) is 35.3 Å². The highest BCUT2D eigenvalue weighted by Gasteiger charge is 2.20. The molecule has 0 saturated carbocycles. The zero-order valence-corrected chi connectivity index (χ0v) is 14.9. The number of aliphatic hydroxyl groups excluding tert-OH is 1. The molecular formula is C20H26N4O. The molecule has 1 N–H and O–H groups in total. The molecule has 0 spiro atoms. The number of benzene rings is 1. The van der Waals surface area contributed by atoms with Crippen LogP contribution >= 0.6 is 0 Å². The van der Waals surface area contributed by atoms with E-state index in [1.54, 1.807) is 0 Å². The summed E-state index contributed by atoms with van der Waals surface area (Å²) in [4.78, 5) is 4.88. The maximum Gasteiger partial charge on any atom is 0.131 e. The number of aliphatic hydroxyl groups is 1. The summed E-state index contributed by atoms with van der Waals surface area (Å²) < 4.78 is 4.48. The molecule has 0 fully saturated rings. The van der Waals surface area contributed by atoms with Gasteiger partial charge in [0.2, 0.25) is 0 Å². The Morgan fingerprint density at radius 3 is 2.84 bits per heavy atom. The Morgan fingerprint density at radius 2 is 1.96 bits per heavy atom. The summed E-state index contributed by atoms with van der Waals surface area (Å²) in [5.41, 5.74) is 6.25. The van der Waals surface area contributed by atoms with Crippen molar-refractivity contribution in [2.45, 2.75) is 58.5 Å². The van der Waals surface area contributed by atoms with Crippen molar-refractivity contribution in [2.75, 3.05) is 6.61 Å². The minimum Gasteiger partial charge on any atom is -0.396 e. The van der Waals surface area contributed by atoms with Crippen LogP contribution in [0.4, 0.5) is 0 Å². The van der Waals surface area contributed by atoms with Gasteiger partial charge in [-0.05, 0) is 63.1 Å². The summed E-state index contributed by atoms with van der Waals surface area (Å²) in [6.07, 6.45) is 6.60. The fourth-order valence-corrected chi connectivity index (χ4v) is 4.01. The molecule has 2 aromatic heterocycles. The summed E-state index contributed by atoms with van der Waals surface area (Å²) in [6, 6.07) is 8.31. The van der Waals surface area contributed by atoms with Gasteiger partial charge in [-0.15, -0.1) is 0 Å². The van der Waals surface area contributed by atoms with Gasteiger partial charge in [0.1, 0.15) is 5.82 Å². The van der Waals surface area contributed by atoms with Crippen molar-refractivity contribution in [3.8, 4) is 0 Å². The molecule has 0 amide bonds. The van der Waals surface area contributed by atoms with Gasteiger partial charge < -0.3 is 9.67 Å². The van der Waals surface area contributed by atoms with E-state index in [1.807, 2.05) is 6.07 Å². The number of para-hydroxylation sites is 2. The maximum absolute atomic E-state index is 9.11. The van der Waals surface area contributed by atoms with Gasteiger partial charge in [0.25, 0.3) is 0 Å². The highest BCUT2D eigenvalue weighted by Crippen LogP contribution is 2.25. The van der Waals surface area contributed by atoms with E-state index < -0.39 is 0 Å². The summed E-state index contributed by atoms with van der Waals surface area (Å²) >= 11 is 0. The molecule has 4 rings (SSSR count). The molecule has 0 saturated heterocycles. The first-order valence-corrected chi connectivity index (χ1v) is 9.38. The molecule has 1 aliphatic carbocycles. The van der Waals surface area contributed by atoms with Crippen LogP contribution in [0.3, 0.4) is 0 Å². The van der Waals surface area contributed by atoms with Crippen molar-refractivity contribution < 1.29 is 5.11 Å². The van der Waals surface area contributed by atoms with E-state index in [0.29, 0.717) is 0 Å². The number of aryl methyl sites for hydroxylation is 2. The number of fused-ring (bicyclic) bond motifs is 2. The first-order chi connectivity index (χ1) is 12.3. The number of rotatable bonds is 6. The molecule has 25 heavy (non-hydrogen) atoms. The molecule has 2 heterocycles. The highest BCUT2D eigenvalue weighted by molar-refractivity contribution is 5.75. The van der Waals surface area contributed by atoms with Gasteiger partial charge in [0, 0.05) is 18.8 Å².